The van der Waals surface area contributed by atoms with Gasteiger partial charge in [-0.2, -0.15) is 0 Å². The van der Waals surface area contributed by atoms with Crippen LogP contribution in [-0.2, 0) is 13.1 Å². The van der Waals surface area contributed by atoms with Gasteiger partial charge in [-0.25, -0.2) is 0 Å². The quantitative estimate of drug-likeness (QED) is 0.248. The van der Waals surface area contributed by atoms with Crippen LogP contribution in [0.25, 0.3) is 11.1 Å². The van der Waals surface area contributed by atoms with Crippen LogP contribution >= 0.6 is 0 Å². The lowest BCUT2D eigenvalue weighted by Crippen LogP contribution is -2.48. The molecule has 46 heavy (non-hydrogen) atoms. The maximum absolute atomic E-state index is 14.3. The molecule has 0 unspecified atom stereocenters. The number of carbonyl (C=O) groups excluding carboxylic acids is 2. The maximum Gasteiger partial charge on any atom is 0.270 e. The fraction of sp³-hybridized carbons (Fsp3) is 0.368. The van der Waals surface area contributed by atoms with Crippen molar-refractivity contribution in [3.63, 3.8) is 0 Å². The molecule has 0 N–H and O–H groups in total. The number of para-hydroxylation sites is 1. The monoisotopic (exact) mass is 618 g/mol. The van der Waals surface area contributed by atoms with Gasteiger partial charge in [-0.3, -0.25) is 9.59 Å². The highest BCUT2D eigenvalue weighted by Crippen LogP contribution is 2.35. The van der Waals surface area contributed by atoms with E-state index in [0.29, 0.717) is 36.1 Å². The molecular formula is C38H42N4O4. The molecule has 2 amide bonds. The van der Waals surface area contributed by atoms with E-state index in [9.17, 15) is 9.59 Å². The van der Waals surface area contributed by atoms with Crippen LogP contribution in [0, 0.1) is 0 Å². The van der Waals surface area contributed by atoms with Crippen LogP contribution in [0.3, 0.4) is 0 Å². The summed E-state index contributed by atoms with van der Waals surface area (Å²) in [5.41, 5.74) is 5.85. The van der Waals surface area contributed by atoms with E-state index >= 15 is 0 Å². The second-order valence-electron chi connectivity index (χ2n) is 12.6. The van der Waals surface area contributed by atoms with Gasteiger partial charge >= 0.3 is 0 Å². The van der Waals surface area contributed by atoms with Crippen molar-refractivity contribution in [2.24, 2.45) is 0 Å². The Morgan fingerprint density at radius 3 is 2.33 bits per heavy atom. The summed E-state index contributed by atoms with van der Waals surface area (Å²) in [4.78, 5) is 34.7. The van der Waals surface area contributed by atoms with Gasteiger partial charge in [0.25, 0.3) is 11.8 Å². The number of benzene rings is 3. The van der Waals surface area contributed by atoms with Gasteiger partial charge in [0.05, 0.1) is 27.3 Å². The van der Waals surface area contributed by atoms with E-state index < -0.39 is 0 Å². The first-order valence-electron chi connectivity index (χ1n) is 16.5. The van der Waals surface area contributed by atoms with E-state index in [1.54, 1.807) is 14.2 Å². The number of aromatic nitrogens is 1. The molecule has 0 atom stereocenters. The summed E-state index contributed by atoms with van der Waals surface area (Å²) in [7, 11) is 3.27. The van der Waals surface area contributed by atoms with Crippen molar-refractivity contribution >= 4 is 17.5 Å². The summed E-state index contributed by atoms with van der Waals surface area (Å²) in [5.74, 6) is 1.33. The Morgan fingerprint density at radius 1 is 0.739 bits per heavy atom. The molecule has 2 fully saturated rings. The Hall–Kier alpha value is -4.56. The molecule has 0 aliphatic carbocycles. The lowest BCUT2D eigenvalue weighted by atomic mass is 9.99. The topological polar surface area (TPSA) is 67.2 Å². The lowest BCUT2D eigenvalue weighted by Gasteiger charge is -2.40. The molecule has 3 aliphatic heterocycles. The number of ether oxygens (including phenoxy) is 2. The van der Waals surface area contributed by atoms with Crippen LogP contribution in [0.2, 0.25) is 0 Å². The zero-order chi connectivity index (χ0) is 31.6. The molecule has 0 saturated carbocycles. The second-order valence-corrected chi connectivity index (χ2v) is 12.6. The SMILES string of the molecule is COc1cccc(-c2ccc(C(=O)N3Cc4ccc(C(=O)N5CCC(N6CCCCC6)CC5)n4Cc4ccccc43)cc2OC)c1. The van der Waals surface area contributed by atoms with Gasteiger partial charge in [0.15, 0.2) is 0 Å². The number of likely N-dealkylation sites (tertiary alicyclic amines) is 2. The summed E-state index contributed by atoms with van der Waals surface area (Å²) in [6.07, 6.45) is 5.98. The number of nitrogens with zero attached hydrogens (tertiary/aromatic N) is 4. The molecule has 3 aromatic carbocycles. The Kier molecular flexibility index (Phi) is 8.54. The van der Waals surface area contributed by atoms with Gasteiger partial charge in [-0.05, 0) is 98.4 Å². The van der Waals surface area contributed by atoms with Crippen LogP contribution in [0.4, 0.5) is 5.69 Å². The Balaban J connectivity index is 1.14. The summed E-state index contributed by atoms with van der Waals surface area (Å²) < 4.78 is 13.3. The maximum atomic E-state index is 14.3. The van der Waals surface area contributed by atoms with E-state index in [4.69, 9.17) is 9.47 Å². The predicted octanol–water partition coefficient (Wildman–Crippen LogP) is 6.47. The van der Waals surface area contributed by atoms with Crippen molar-refractivity contribution in [2.75, 3.05) is 45.3 Å². The normalized spacial score (nSPS) is 17.2. The molecule has 0 radical (unpaired) electrons. The summed E-state index contributed by atoms with van der Waals surface area (Å²) in [6.45, 7) is 4.85. The summed E-state index contributed by atoms with van der Waals surface area (Å²) in [6, 6.07) is 25.9. The Morgan fingerprint density at radius 2 is 1.54 bits per heavy atom. The number of fused-ring (bicyclic) bond motifs is 2. The zero-order valence-electron chi connectivity index (χ0n) is 26.8. The average molecular weight is 619 g/mol. The van der Waals surface area contributed by atoms with Gasteiger partial charge in [-0.1, -0.05) is 36.8 Å². The summed E-state index contributed by atoms with van der Waals surface area (Å²) in [5, 5.41) is 0. The van der Waals surface area contributed by atoms with Crippen LogP contribution in [0.5, 0.6) is 11.5 Å². The molecule has 0 bridgehead atoms. The lowest BCUT2D eigenvalue weighted by molar-refractivity contribution is 0.0580. The molecule has 2 saturated heterocycles. The second kappa shape index (κ2) is 13.0. The minimum absolute atomic E-state index is 0.0819. The molecule has 238 valence electrons. The molecule has 0 spiro atoms. The summed E-state index contributed by atoms with van der Waals surface area (Å²) >= 11 is 0. The zero-order valence-corrected chi connectivity index (χ0v) is 26.8. The number of carbonyl (C=O) groups is 2. The van der Waals surface area contributed by atoms with Crippen molar-refractivity contribution < 1.29 is 19.1 Å². The fourth-order valence-electron chi connectivity index (χ4n) is 7.42. The third-order valence-electron chi connectivity index (χ3n) is 9.95. The third kappa shape index (κ3) is 5.78. The standard InChI is InChI=1S/C38H42N4O4/c1-45-32-11-8-10-27(23-32)33-15-13-28(24-36(33)46-2)37(43)42-26-31-14-16-35(41(31)25-29-9-4-5-12-34(29)42)38(44)40-21-17-30(18-22-40)39-19-6-3-7-20-39/h4-5,8-16,23-24,30H,3,6-7,17-22,25-26H2,1-2H3. The highest BCUT2D eigenvalue weighted by molar-refractivity contribution is 6.07. The van der Waals surface area contributed by atoms with E-state index in [2.05, 4.69) is 15.5 Å². The van der Waals surface area contributed by atoms with Gasteiger partial charge < -0.3 is 28.7 Å². The number of amides is 2. The van der Waals surface area contributed by atoms with E-state index in [-0.39, 0.29) is 11.8 Å². The number of hydrogen-bond donors (Lipinski definition) is 0. The predicted molar refractivity (Wildman–Crippen MR) is 180 cm³/mol. The highest BCUT2D eigenvalue weighted by atomic mass is 16.5. The third-order valence-corrected chi connectivity index (χ3v) is 9.95. The first kappa shape index (κ1) is 30.1. The number of hydrogen-bond acceptors (Lipinski definition) is 5. The molecule has 3 aliphatic rings. The number of rotatable bonds is 6. The molecule has 8 nitrogen and oxygen atoms in total. The van der Waals surface area contributed by atoms with Crippen molar-refractivity contribution in [1.82, 2.24) is 14.4 Å². The first-order chi connectivity index (χ1) is 22.5. The number of piperidine rings is 2. The van der Waals surface area contributed by atoms with Gasteiger partial charge in [0, 0.05) is 41.6 Å². The Bertz CT molecular complexity index is 1730. The average Bonchev–Trinajstić information content (AvgIpc) is 3.43. The van der Waals surface area contributed by atoms with Crippen molar-refractivity contribution in [1.29, 1.82) is 0 Å². The minimum atomic E-state index is -0.120. The van der Waals surface area contributed by atoms with E-state index in [1.165, 1.54) is 32.4 Å². The smallest absolute Gasteiger partial charge is 0.270 e. The first-order valence-corrected chi connectivity index (χ1v) is 16.5. The fourth-order valence-corrected chi connectivity index (χ4v) is 7.42. The molecule has 1 aromatic heterocycles. The highest BCUT2D eigenvalue weighted by Gasteiger charge is 2.32. The molecule has 8 heteroatoms. The van der Waals surface area contributed by atoms with E-state index in [0.717, 1.165) is 59.8 Å². The van der Waals surface area contributed by atoms with Crippen LogP contribution < -0.4 is 14.4 Å². The number of anilines is 1. The molecular weight excluding hydrogens is 576 g/mol. The number of methoxy groups -OCH3 is 2. The van der Waals surface area contributed by atoms with Crippen molar-refractivity contribution in [2.45, 2.75) is 51.2 Å². The van der Waals surface area contributed by atoms with Crippen molar-refractivity contribution in [3.05, 3.63) is 101 Å². The van der Waals surface area contributed by atoms with Gasteiger partial charge in [0.1, 0.15) is 17.2 Å². The van der Waals surface area contributed by atoms with Crippen LogP contribution in [0.1, 0.15) is 64.2 Å². The van der Waals surface area contributed by atoms with Crippen LogP contribution in [-0.4, -0.2) is 72.6 Å². The van der Waals surface area contributed by atoms with E-state index in [1.807, 2.05) is 82.6 Å². The van der Waals surface area contributed by atoms with Gasteiger partial charge in [0.2, 0.25) is 0 Å². The minimum Gasteiger partial charge on any atom is -0.497 e. The van der Waals surface area contributed by atoms with Crippen molar-refractivity contribution in [3.8, 4) is 22.6 Å². The van der Waals surface area contributed by atoms with Crippen LogP contribution in [0.15, 0.2) is 78.9 Å². The molecule has 7 rings (SSSR count). The largest absolute Gasteiger partial charge is 0.497 e. The molecule has 4 aromatic rings. The Labute approximate surface area is 271 Å². The molecule has 4 heterocycles. The van der Waals surface area contributed by atoms with Gasteiger partial charge in [-0.15, -0.1) is 0 Å².